The molecule has 1 aromatic carbocycles. The SMILES string of the molecule is Nc1ccc(C(=O)N2CCO[C@H](c3ccc(Cc4ccccc4Cl)cn3)C2)cn1. The lowest BCUT2D eigenvalue weighted by atomic mass is 10.1. The molecule has 29 heavy (non-hydrogen) atoms. The summed E-state index contributed by atoms with van der Waals surface area (Å²) in [7, 11) is 0. The Hall–Kier alpha value is -2.96. The highest BCUT2D eigenvalue weighted by Gasteiger charge is 2.27. The number of nitrogens with two attached hydrogens (primary N) is 1. The van der Waals surface area contributed by atoms with Crippen molar-refractivity contribution in [3.63, 3.8) is 0 Å². The van der Waals surface area contributed by atoms with Crippen molar-refractivity contribution in [2.45, 2.75) is 12.5 Å². The van der Waals surface area contributed by atoms with E-state index in [0.29, 0.717) is 37.5 Å². The van der Waals surface area contributed by atoms with Crippen LogP contribution in [0.25, 0.3) is 0 Å². The van der Waals surface area contributed by atoms with Crippen LogP contribution < -0.4 is 5.73 Å². The number of carbonyl (C=O) groups excluding carboxylic acids is 1. The number of nitrogen functional groups attached to an aromatic ring is 1. The Morgan fingerprint density at radius 1 is 1.14 bits per heavy atom. The Morgan fingerprint density at radius 3 is 2.72 bits per heavy atom. The smallest absolute Gasteiger partial charge is 0.255 e. The molecule has 1 amide bonds. The molecule has 3 heterocycles. The van der Waals surface area contributed by atoms with Gasteiger partial charge in [-0.3, -0.25) is 9.78 Å². The molecule has 0 radical (unpaired) electrons. The predicted molar refractivity (Wildman–Crippen MR) is 112 cm³/mol. The number of amides is 1. The Morgan fingerprint density at radius 2 is 2.00 bits per heavy atom. The highest BCUT2D eigenvalue weighted by molar-refractivity contribution is 6.31. The number of ether oxygens (including phenoxy) is 1. The van der Waals surface area contributed by atoms with Crippen molar-refractivity contribution in [3.05, 3.63) is 88.3 Å². The van der Waals surface area contributed by atoms with Gasteiger partial charge in [0.15, 0.2) is 0 Å². The van der Waals surface area contributed by atoms with Gasteiger partial charge in [-0.1, -0.05) is 35.9 Å². The number of aromatic nitrogens is 2. The van der Waals surface area contributed by atoms with Crippen molar-refractivity contribution in [2.75, 3.05) is 25.4 Å². The van der Waals surface area contributed by atoms with Crippen LogP contribution in [-0.4, -0.2) is 40.5 Å². The highest BCUT2D eigenvalue weighted by atomic mass is 35.5. The molecule has 2 N–H and O–H groups in total. The molecular weight excluding hydrogens is 388 g/mol. The molecule has 0 aliphatic carbocycles. The topological polar surface area (TPSA) is 81.3 Å². The van der Waals surface area contributed by atoms with Crippen LogP contribution in [0.2, 0.25) is 5.02 Å². The molecule has 0 unspecified atom stereocenters. The maximum Gasteiger partial charge on any atom is 0.255 e. The number of carbonyl (C=O) groups is 1. The first-order chi connectivity index (χ1) is 14.1. The molecular formula is C22H21ClN4O2. The van der Waals surface area contributed by atoms with Crippen molar-refractivity contribution in [1.29, 1.82) is 0 Å². The zero-order chi connectivity index (χ0) is 20.2. The summed E-state index contributed by atoms with van der Waals surface area (Å²) in [6.45, 7) is 1.44. The standard InChI is InChI=1S/C22H21ClN4O2/c23-18-4-2-1-3-16(18)11-15-5-7-19(25-12-15)20-14-27(9-10-29-20)22(28)17-6-8-21(24)26-13-17/h1-8,12-13,20H,9-11,14H2,(H2,24,26)/t20-/m0/s1. The second kappa shape index (κ2) is 8.59. The summed E-state index contributed by atoms with van der Waals surface area (Å²) < 4.78 is 5.86. The van der Waals surface area contributed by atoms with Crippen LogP contribution in [0.3, 0.4) is 0 Å². The van der Waals surface area contributed by atoms with Crippen LogP contribution in [0.4, 0.5) is 5.82 Å². The number of benzene rings is 1. The third-order valence-electron chi connectivity index (χ3n) is 4.92. The van der Waals surface area contributed by atoms with Crippen molar-refractivity contribution < 1.29 is 9.53 Å². The molecule has 1 aliphatic heterocycles. The molecule has 3 aromatic rings. The van der Waals surface area contributed by atoms with Gasteiger partial charge in [-0.05, 0) is 35.4 Å². The molecule has 0 saturated carbocycles. The molecule has 1 saturated heterocycles. The lowest BCUT2D eigenvalue weighted by Crippen LogP contribution is -2.42. The number of rotatable bonds is 4. The zero-order valence-corrected chi connectivity index (χ0v) is 16.5. The van der Waals surface area contributed by atoms with Crippen molar-refractivity contribution in [2.24, 2.45) is 0 Å². The molecule has 6 nitrogen and oxygen atoms in total. The van der Waals surface area contributed by atoms with Gasteiger partial charge in [0.25, 0.3) is 5.91 Å². The van der Waals surface area contributed by atoms with Crippen LogP contribution in [0, 0.1) is 0 Å². The van der Waals surface area contributed by atoms with Gasteiger partial charge in [0.2, 0.25) is 0 Å². The third-order valence-corrected chi connectivity index (χ3v) is 5.29. The molecule has 1 aliphatic rings. The van der Waals surface area contributed by atoms with Crippen LogP contribution in [0.15, 0.2) is 60.9 Å². The van der Waals surface area contributed by atoms with Crippen molar-refractivity contribution >= 4 is 23.3 Å². The van der Waals surface area contributed by atoms with E-state index in [2.05, 4.69) is 9.97 Å². The third kappa shape index (κ3) is 4.55. The lowest BCUT2D eigenvalue weighted by Gasteiger charge is -2.32. The van der Waals surface area contributed by atoms with E-state index >= 15 is 0 Å². The van der Waals surface area contributed by atoms with Gasteiger partial charge in [0.1, 0.15) is 11.9 Å². The molecule has 4 rings (SSSR count). The number of morpholine rings is 1. The maximum absolute atomic E-state index is 12.7. The molecule has 0 spiro atoms. The number of halogens is 1. The van der Waals surface area contributed by atoms with Crippen molar-refractivity contribution in [1.82, 2.24) is 14.9 Å². The molecule has 7 heteroatoms. The second-order valence-electron chi connectivity index (χ2n) is 6.94. The van der Waals surface area contributed by atoms with Crippen LogP contribution >= 0.6 is 11.6 Å². The fraction of sp³-hybridized carbons (Fsp3) is 0.227. The first-order valence-electron chi connectivity index (χ1n) is 9.41. The van der Waals surface area contributed by atoms with Gasteiger partial charge < -0.3 is 15.4 Å². The monoisotopic (exact) mass is 408 g/mol. The van der Waals surface area contributed by atoms with Gasteiger partial charge in [0.05, 0.1) is 24.4 Å². The molecule has 1 fully saturated rings. The number of hydrogen-bond donors (Lipinski definition) is 1. The summed E-state index contributed by atoms with van der Waals surface area (Å²) in [5, 5.41) is 0.749. The fourth-order valence-corrected chi connectivity index (χ4v) is 3.52. The normalized spacial score (nSPS) is 16.6. The Labute approximate surface area is 174 Å². The minimum atomic E-state index is -0.260. The number of hydrogen-bond acceptors (Lipinski definition) is 5. The van der Waals surface area contributed by atoms with E-state index in [4.69, 9.17) is 22.1 Å². The zero-order valence-electron chi connectivity index (χ0n) is 15.8. The lowest BCUT2D eigenvalue weighted by molar-refractivity contribution is -0.0247. The van der Waals surface area contributed by atoms with E-state index in [0.717, 1.165) is 21.8 Å². The first-order valence-corrected chi connectivity index (χ1v) is 9.78. The van der Waals surface area contributed by atoms with Crippen LogP contribution in [-0.2, 0) is 11.2 Å². The minimum absolute atomic E-state index is 0.0823. The summed E-state index contributed by atoms with van der Waals surface area (Å²) in [5.74, 6) is 0.309. The number of nitrogens with zero attached hydrogens (tertiary/aromatic N) is 3. The van der Waals surface area contributed by atoms with Gasteiger partial charge in [0, 0.05) is 30.4 Å². The van der Waals surface area contributed by atoms with Crippen LogP contribution in [0.5, 0.6) is 0 Å². The van der Waals surface area contributed by atoms with Crippen LogP contribution in [0.1, 0.15) is 33.3 Å². The summed E-state index contributed by atoms with van der Waals surface area (Å²) in [5.41, 5.74) is 9.05. The highest BCUT2D eigenvalue weighted by Crippen LogP contribution is 2.23. The fourth-order valence-electron chi connectivity index (χ4n) is 3.32. The molecule has 1 atom stereocenters. The summed E-state index contributed by atoms with van der Waals surface area (Å²) in [6.07, 6.45) is 3.80. The van der Waals surface area contributed by atoms with E-state index in [-0.39, 0.29) is 12.0 Å². The Bertz CT molecular complexity index is 992. The predicted octanol–water partition coefficient (Wildman–Crippen LogP) is 3.52. The van der Waals surface area contributed by atoms with E-state index in [1.165, 1.54) is 6.20 Å². The number of pyridine rings is 2. The Balaban J connectivity index is 1.43. The average molecular weight is 409 g/mol. The largest absolute Gasteiger partial charge is 0.384 e. The second-order valence-corrected chi connectivity index (χ2v) is 7.35. The van der Waals surface area contributed by atoms with E-state index in [1.54, 1.807) is 17.0 Å². The van der Waals surface area contributed by atoms with Gasteiger partial charge in [-0.25, -0.2) is 4.98 Å². The first kappa shape index (κ1) is 19.4. The van der Waals surface area contributed by atoms with Gasteiger partial charge in [-0.2, -0.15) is 0 Å². The maximum atomic E-state index is 12.7. The number of anilines is 1. The summed E-state index contributed by atoms with van der Waals surface area (Å²) >= 11 is 6.24. The summed E-state index contributed by atoms with van der Waals surface area (Å²) in [4.78, 5) is 23.1. The van der Waals surface area contributed by atoms with Gasteiger partial charge in [-0.15, -0.1) is 0 Å². The molecule has 148 valence electrons. The molecule has 2 aromatic heterocycles. The Kier molecular flexibility index (Phi) is 5.74. The van der Waals surface area contributed by atoms with E-state index < -0.39 is 0 Å². The molecule has 0 bridgehead atoms. The summed E-state index contributed by atoms with van der Waals surface area (Å²) in [6, 6.07) is 15.1. The minimum Gasteiger partial charge on any atom is -0.384 e. The quantitative estimate of drug-likeness (QED) is 0.714. The van der Waals surface area contributed by atoms with Crippen molar-refractivity contribution in [3.8, 4) is 0 Å². The average Bonchev–Trinajstić information content (AvgIpc) is 2.76. The van der Waals surface area contributed by atoms with E-state index in [9.17, 15) is 4.79 Å². The van der Waals surface area contributed by atoms with E-state index in [1.807, 2.05) is 42.6 Å². The van der Waals surface area contributed by atoms with Gasteiger partial charge >= 0.3 is 0 Å².